The minimum absolute atomic E-state index is 0.143. The van der Waals surface area contributed by atoms with Crippen LogP contribution in [0.2, 0.25) is 0 Å². The molecule has 0 saturated carbocycles. The first kappa shape index (κ1) is 25.1. The molecule has 0 aliphatic carbocycles. The van der Waals surface area contributed by atoms with Crippen LogP contribution in [0.4, 0.5) is 17.3 Å². The van der Waals surface area contributed by atoms with Crippen molar-refractivity contribution in [3.8, 4) is 5.82 Å². The Morgan fingerprint density at radius 3 is 2.54 bits per heavy atom. The Hall–Kier alpha value is -4.25. The van der Waals surface area contributed by atoms with Crippen LogP contribution < -0.4 is 26.7 Å². The van der Waals surface area contributed by atoms with Gasteiger partial charge in [-0.25, -0.2) is 19.0 Å². The van der Waals surface area contributed by atoms with Crippen LogP contribution in [0.3, 0.4) is 0 Å². The van der Waals surface area contributed by atoms with E-state index in [-0.39, 0.29) is 23.7 Å². The highest BCUT2D eigenvalue weighted by Gasteiger charge is 2.43. The molecule has 39 heavy (non-hydrogen) atoms. The molecule has 0 unspecified atom stereocenters. The topological polar surface area (TPSA) is 115 Å². The SMILES string of the molecule is C=CCn1c(=O)c2cnc(Nc3ccc(N4CC5(CCNCC5)C4)cc3)nc2n1-c1ccc(=O)n(C(C)C)n1. The van der Waals surface area contributed by atoms with Gasteiger partial charge < -0.3 is 15.5 Å². The maximum absolute atomic E-state index is 13.2. The maximum Gasteiger partial charge on any atom is 0.278 e. The number of benzene rings is 1. The van der Waals surface area contributed by atoms with Crippen LogP contribution in [-0.4, -0.2) is 55.3 Å². The van der Waals surface area contributed by atoms with E-state index in [1.165, 1.54) is 40.2 Å². The summed E-state index contributed by atoms with van der Waals surface area (Å²) in [7, 11) is 0. The van der Waals surface area contributed by atoms with Crippen molar-refractivity contribution >= 4 is 28.4 Å². The number of allylic oxidation sites excluding steroid dienone is 1. The van der Waals surface area contributed by atoms with Gasteiger partial charge in [-0.2, -0.15) is 4.98 Å². The molecule has 11 nitrogen and oxygen atoms in total. The summed E-state index contributed by atoms with van der Waals surface area (Å²) in [5, 5.41) is 11.6. The molecule has 11 heteroatoms. The van der Waals surface area contributed by atoms with Gasteiger partial charge in [0.2, 0.25) is 5.95 Å². The van der Waals surface area contributed by atoms with Crippen molar-refractivity contribution < 1.29 is 0 Å². The predicted molar refractivity (Wildman–Crippen MR) is 152 cm³/mol. The zero-order valence-corrected chi connectivity index (χ0v) is 22.3. The third kappa shape index (κ3) is 4.52. The molecule has 6 rings (SSSR count). The Morgan fingerprint density at radius 1 is 1.10 bits per heavy atom. The summed E-state index contributed by atoms with van der Waals surface area (Å²) >= 11 is 0. The monoisotopic (exact) mass is 527 g/mol. The predicted octanol–water partition coefficient (Wildman–Crippen LogP) is 2.84. The van der Waals surface area contributed by atoms with Gasteiger partial charge in [0.25, 0.3) is 11.1 Å². The second kappa shape index (κ2) is 9.81. The summed E-state index contributed by atoms with van der Waals surface area (Å²) in [5.41, 5.74) is 2.45. The molecule has 2 aliphatic heterocycles. The molecule has 1 aromatic carbocycles. The number of hydrogen-bond donors (Lipinski definition) is 2. The molecule has 5 heterocycles. The molecule has 0 atom stereocenters. The highest BCUT2D eigenvalue weighted by atomic mass is 16.1. The number of fused-ring (bicyclic) bond motifs is 1. The van der Waals surface area contributed by atoms with Crippen LogP contribution in [0.15, 0.2) is 64.8 Å². The normalized spacial score (nSPS) is 16.5. The number of anilines is 3. The van der Waals surface area contributed by atoms with Gasteiger partial charge in [-0.15, -0.1) is 11.7 Å². The molecule has 0 bridgehead atoms. The van der Waals surface area contributed by atoms with Crippen molar-refractivity contribution in [1.82, 2.24) is 34.4 Å². The third-order valence-electron chi connectivity index (χ3n) is 7.70. The van der Waals surface area contributed by atoms with Crippen molar-refractivity contribution in [2.45, 2.75) is 39.3 Å². The number of aromatic nitrogens is 6. The average Bonchev–Trinajstić information content (AvgIpc) is 3.19. The van der Waals surface area contributed by atoms with Crippen LogP contribution in [0.1, 0.15) is 32.7 Å². The Kier molecular flexibility index (Phi) is 6.30. The van der Waals surface area contributed by atoms with Crippen LogP contribution >= 0.6 is 0 Å². The van der Waals surface area contributed by atoms with Gasteiger partial charge in [0.1, 0.15) is 5.39 Å². The van der Waals surface area contributed by atoms with Gasteiger partial charge in [0.05, 0.1) is 12.6 Å². The van der Waals surface area contributed by atoms with Crippen molar-refractivity contribution in [1.29, 1.82) is 0 Å². The highest BCUT2D eigenvalue weighted by Crippen LogP contribution is 2.41. The second-order valence-corrected chi connectivity index (χ2v) is 10.8. The first-order valence-electron chi connectivity index (χ1n) is 13.4. The zero-order valence-electron chi connectivity index (χ0n) is 22.3. The van der Waals surface area contributed by atoms with E-state index in [4.69, 9.17) is 4.98 Å². The van der Waals surface area contributed by atoms with E-state index in [1.54, 1.807) is 16.8 Å². The van der Waals surface area contributed by atoms with Crippen molar-refractivity contribution in [2.75, 3.05) is 36.4 Å². The van der Waals surface area contributed by atoms with Crippen molar-refractivity contribution in [3.05, 3.63) is 76.0 Å². The summed E-state index contributed by atoms with van der Waals surface area (Å²) in [6, 6.07) is 11.2. The fourth-order valence-electron chi connectivity index (χ4n) is 5.61. The summed E-state index contributed by atoms with van der Waals surface area (Å²) in [5.74, 6) is 0.766. The van der Waals surface area contributed by atoms with Crippen LogP contribution in [-0.2, 0) is 6.54 Å². The second-order valence-electron chi connectivity index (χ2n) is 10.8. The van der Waals surface area contributed by atoms with Gasteiger partial charge in [-0.05, 0) is 70.1 Å². The molecule has 3 aromatic heterocycles. The lowest BCUT2D eigenvalue weighted by atomic mass is 9.72. The van der Waals surface area contributed by atoms with E-state index in [0.29, 0.717) is 28.2 Å². The van der Waals surface area contributed by atoms with Crippen LogP contribution in [0.25, 0.3) is 16.9 Å². The number of nitrogens with zero attached hydrogens (tertiary/aromatic N) is 7. The quantitative estimate of drug-likeness (QED) is 0.353. The Morgan fingerprint density at radius 2 is 1.85 bits per heavy atom. The maximum atomic E-state index is 13.2. The van der Waals surface area contributed by atoms with Crippen LogP contribution in [0.5, 0.6) is 0 Å². The molecule has 2 aliphatic rings. The summed E-state index contributed by atoms with van der Waals surface area (Å²) in [4.78, 5) is 37.0. The zero-order chi connectivity index (χ0) is 27.1. The minimum Gasteiger partial charge on any atom is -0.370 e. The van der Waals surface area contributed by atoms with E-state index in [2.05, 4.69) is 44.3 Å². The molecule has 0 radical (unpaired) electrons. The van der Waals surface area contributed by atoms with Gasteiger partial charge in [-0.1, -0.05) is 6.08 Å². The Bertz CT molecular complexity index is 1630. The summed E-state index contributed by atoms with van der Waals surface area (Å²) < 4.78 is 4.50. The molecule has 2 fully saturated rings. The molecular formula is C28H33N9O2. The molecule has 0 amide bonds. The molecule has 2 N–H and O–H groups in total. The number of rotatable bonds is 7. The van der Waals surface area contributed by atoms with Crippen LogP contribution in [0, 0.1) is 5.41 Å². The van der Waals surface area contributed by atoms with E-state index in [1.807, 2.05) is 26.0 Å². The summed E-state index contributed by atoms with van der Waals surface area (Å²) in [6.45, 7) is 12.2. The first-order chi connectivity index (χ1) is 18.9. The van der Waals surface area contributed by atoms with Gasteiger partial charge in [0.15, 0.2) is 11.5 Å². The van der Waals surface area contributed by atoms with E-state index >= 15 is 0 Å². The lowest BCUT2D eigenvalue weighted by Crippen LogP contribution is -2.60. The van der Waals surface area contributed by atoms with E-state index in [0.717, 1.165) is 31.9 Å². The smallest absolute Gasteiger partial charge is 0.278 e. The van der Waals surface area contributed by atoms with Gasteiger partial charge in [-0.3, -0.25) is 9.59 Å². The third-order valence-corrected chi connectivity index (χ3v) is 7.70. The molecule has 202 valence electrons. The Balaban J connectivity index is 1.29. The standard InChI is InChI=1S/C28H33N9O2/c1-4-15-35-26(39)22-16-30-27(32-25(22)37(35)23-9-10-24(38)36(33-23)19(2)3)31-20-5-7-21(8-6-20)34-17-28(18-34)11-13-29-14-12-28/h4-10,16,19,29H,1,11-15,17-18H2,2-3H3,(H,30,31,32). The minimum atomic E-state index is -0.258. The number of piperidine rings is 1. The fourth-order valence-corrected chi connectivity index (χ4v) is 5.61. The molecule has 2 saturated heterocycles. The largest absolute Gasteiger partial charge is 0.370 e. The first-order valence-corrected chi connectivity index (χ1v) is 13.4. The lowest BCUT2D eigenvalue weighted by Gasteiger charge is -2.53. The lowest BCUT2D eigenvalue weighted by molar-refractivity contribution is 0.150. The number of hydrogen-bond acceptors (Lipinski definition) is 8. The van der Waals surface area contributed by atoms with Gasteiger partial charge in [0, 0.05) is 42.1 Å². The molecular weight excluding hydrogens is 494 g/mol. The van der Waals surface area contributed by atoms with E-state index in [9.17, 15) is 9.59 Å². The molecule has 4 aromatic rings. The number of nitrogens with one attached hydrogen (secondary N) is 2. The Labute approximate surface area is 225 Å². The average molecular weight is 528 g/mol. The van der Waals surface area contributed by atoms with E-state index < -0.39 is 0 Å². The summed E-state index contributed by atoms with van der Waals surface area (Å²) in [6.07, 6.45) is 5.65. The highest BCUT2D eigenvalue weighted by molar-refractivity contribution is 5.77. The van der Waals surface area contributed by atoms with Gasteiger partial charge >= 0.3 is 0 Å². The van der Waals surface area contributed by atoms with Crippen molar-refractivity contribution in [2.24, 2.45) is 5.41 Å². The van der Waals surface area contributed by atoms with Crippen molar-refractivity contribution in [3.63, 3.8) is 0 Å². The molecule has 1 spiro atoms. The fraction of sp³-hybridized carbons (Fsp3) is 0.393.